The molecule has 1 aliphatic rings. The number of hydrogen-bond acceptors (Lipinski definition) is 1. The predicted molar refractivity (Wildman–Crippen MR) is 63.7 cm³/mol. The van der Waals surface area contributed by atoms with Gasteiger partial charge in [-0.25, -0.2) is 0 Å². The fourth-order valence-electron chi connectivity index (χ4n) is 1.92. The molecule has 1 aromatic carbocycles. The summed E-state index contributed by atoms with van der Waals surface area (Å²) in [5.41, 5.74) is 2.86. The first-order valence-corrected chi connectivity index (χ1v) is 5.14. The molecule has 1 unspecified atom stereocenters. The normalized spacial score (nSPS) is 20.6. The topological polar surface area (TPSA) is 12.0 Å². The van der Waals surface area contributed by atoms with E-state index in [0.29, 0.717) is 5.92 Å². The van der Waals surface area contributed by atoms with Gasteiger partial charge in [0, 0.05) is 11.6 Å². The summed E-state index contributed by atoms with van der Waals surface area (Å²) in [5, 5.41) is 4.27. The lowest BCUT2D eigenvalue weighted by Crippen LogP contribution is -2.18. The molecule has 0 saturated carbocycles. The lowest BCUT2D eigenvalue weighted by Gasteiger charge is -2.11. The van der Waals surface area contributed by atoms with Crippen LogP contribution in [0.15, 0.2) is 18.2 Å². The van der Waals surface area contributed by atoms with Crippen LogP contribution in [0.25, 0.3) is 0 Å². The third kappa shape index (κ3) is 2.41. The van der Waals surface area contributed by atoms with Crippen molar-refractivity contribution in [3.8, 4) is 0 Å². The summed E-state index contributed by atoms with van der Waals surface area (Å²) in [6.07, 6.45) is 1.10. The standard InChI is InChI=1S/C11H14ClN.ClH/c1-8-7-13-5-4-9-6-10(12)2-3-11(8)9;/h2-3,6,8,13H,4-5,7H2,1H3;1H. The fourth-order valence-corrected chi connectivity index (χ4v) is 2.12. The van der Waals surface area contributed by atoms with Crippen molar-refractivity contribution in [1.82, 2.24) is 5.32 Å². The van der Waals surface area contributed by atoms with E-state index in [1.165, 1.54) is 11.1 Å². The average Bonchev–Trinajstić information content (AvgIpc) is 2.28. The Morgan fingerprint density at radius 3 is 3.00 bits per heavy atom. The van der Waals surface area contributed by atoms with Gasteiger partial charge in [-0.05, 0) is 42.1 Å². The van der Waals surface area contributed by atoms with Crippen LogP contribution in [0, 0.1) is 0 Å². The van der Waals surface area contributed by atoms with Crippen molar-refractivity contribution in [3.63, 3.8) is 0 Å². The molecule has 0 saturated heterocycles. The molecule has 1 aliphatic heterocycles. The van der Waals surface area contributed by atoms with Gasteiger partial charge in [0.05, 0.1) is 0 Å². The summed E-state index contributed by atoms with van der Waals surface area (Å²) in [4.78, 5) is 0. The van der Waals surface area contributed by atoms with Gasteiger partial charge in [-0.1, -0.05) is 24.6 Å². The number of benzene rings is 1. The summed E-state index contributed by atoms with van der Waals surface area (Å²) in [6.45, 7) is 4.40. The van der Waals surface area contributed by atoms with E-state index >= 15 is 0 Å². The Labute approximate surface area is 96.3 Å². The highest BCUT2D eigenvalue weighted by atomic mass is 35.5. The first kappa shape index (κ1) is 11.8. The van der Waals surface area contributed by atoms with Gasteiger partial charge >= 0.3 is 0 Å². The lowest BCUT2D eigenvalue weighted by molar-refractivity contribution is 0.644. The maximum absolute atomic E-state index is 5.96. The van der Waals surface area contributed by atoms with Crippen LogP contribution in [-0.4, -0.2) is 13.1 Å². The van der Waals surface area contributed by atoms with Gasteiger partial charge in [0.2, 0.25) is 0 Å². The smallest absolute Gasteiger partial charge is 0.0408 e. The molecule has 0 aromatic heterocycles. The molecule has 14 heavy (non-hydrogen) atoms. The van der Waals surface area contributed by atoms with E-state index in [4.69, 9.17) is 11.6 Å². The Balaban J connectivity index is 0.000000980. The molecule has 0 spiro atoms. The van der Waals surface area contributed by atoms with Crippen molar-refractivity contribution in [2.75, 3.05) is 13.1 Å². The molecular formula is C11H15Cl2N. The summed E-state index contributed by atoms with van der Waals surface area (Å²) in [6, 6.07) is 6.25. The van der Waals surface area contributed by atoms with Crippen molar-refractivity contribution in [2.24, 2.45) is 0 Å². The van der Waals surface area contributed by atoms with Crippen molar-refractivity contribution in [3.05, 3.63) is 34.3 Å². The zero-order valence-corrected chi connectivity index (χ0v) is 9.79. The highest BCUT2D eigenvalue weighted by molar-refractivity contribution is 6.30. The second-order valence-electron chi connectivity index (χ2n) is 3.70. The molecule has 0 aliphatic carbocycles. The quantitative estimate of drug-likeness (QED) is 0.725. The highest BCUT2D eigenvalue weighted by Crippen LogP contribution is 2.24. The molecule has 78 valence electrons. The lowest BCUT2D eigenvalue weighted by atomic mass is 9.96. The van der Waals surface area contributed by atoms with E-state index in [9.17, 15) is 0 Å². The van der Waals surface area contributed by atoms with Crippen LogP contribution in [0.4, 0.5) is 0 Å². The van der Waals surface area contributed by atoms with Gasteiger partial charge < -0.3 is 5.32 Å². The third-order valence-electron chi connectivity index (χ3n) is 2.66. The second kappa shape index (κ2) is 5.01. The van der Waals surface area contributed by atoms with Crippen LogP contribution < -0.4 is 5.32 Å². The zero-order valence-electron chi connectivity index (χ0n) is 8.22. The van der Waals surface area contributed by atoms with Crippen LogP contribution in [0.1, 0.15) is 24.0 Å². The maximum atomic E-state index is 5.96. The van der Waals surface area contributed by atoms with Crippen molar-refractivity contribution >= 4 is 24.0 Å². The molecule has 1 heterocycles. The zero-order chi connectivity index (χ0) is 9.26. The number of halogens is 2. The van der Waals surface area contributed by atoms with E-state index in [0.717, 1.165) is 24.5 Å². The molecule has 0 amide bonds. The SMILES string of the molecule is CC1CNCCc2cc(Cl)ccc21.Cl. The monoisotopic (exact) mass is 231 g/mol. The van der Waals surface area contributed by atoms with E-state index in [2.05, 4.69) is 24.4 Å². The Morgan fingerprint density at radius 2 is 2.21 bits per heavy atom. The van der Waals surface area contributed by atoms with Crippen molar-refractivity contribution < 1.29 is 0 Å². The van der Waals surface area contributed by atoms with Gasteiger partial charge in [-0.2, -0.15) is 0 Å². The molecule has 3 heteroatoms. The Hall–Kier alpha value is -0.240. The maximum Gasteiger partial charge on any atom is 0.0408 e. The van der Waals surface area contributed by atoms with E-state index in [1.54, 1.807) is 0 Å². The molecule has 1 atom stereocenters. The van der Waals surface area contributed by atoms with E-state index in [1.807, 2.05) is 6.07 Å². The van der Waals surface area contributed by atoms with Crippen LogP contribution in [0.5, 0.6) is 0 Å². The minimum absolute atomic E-state index is 0. The number of nitrogens with one attached hydrogen (secondary N) is 1. The van der Waals surface area contributed by atoms with Gasteiger partial charge in [0.25, 0.3) is 0 Å². The fraction of sp³-hybridized carbons (Fsp3) is 0.455. The molecule has 0 bridgehead atoms. The summed E-state index contributed by atoms with van der Waals surface area (Å²) in [5.74, 6) is 0.606. The third-order valence-corrected chi connectivity index (χ3v) is 2.89. The molecule has 1 nitrogen and oxygen atoms in total. The van der Waals surface area contributed by atoms with Gasteiger partial charge in [-0.3, -0.25) is 0 Å². The molecular weight excluding hydrogens is 217 g/mol. The van der Waals surface area contributed by atoms with Crippen LogP contribution >= 0.6 is 24.0 Å². The number of fused-ring (bicyclic) bond motifs is 1. The predicted octanol–water partition coefficient (Wildman–Crippen LogP) is 3.01. The van der Waals surface area contributed by atoms with Gasteiger partial charge in [0.15, 0.2) is 0 Å². The van der Waals surface area contributed by atoms with Crippen LogP contribution in [-0.2, 0) is 6.42 Å². The second-order valence-corrected chi connectivity index (χ2v) is 4.13. The largest absolute Gasteiger partial charge is 0.316 e. The average molecular weight is 232 g/mol. The van der Waals surface area contributed by atoms with Gasteiger partial charge in [-0.15, -0.1) is 12.4 Å². The van der Waals surface area contributed by atoms with E-state index < -0.39 is 0 Å². The number of hydrogen-bond donors (Lipinski definition) is 1. The molecule has 1 N–H and O–H groups in total. The first-order valence-electron chi connectivity index (χ1n) is 4.76. The highest BCUT2D eigenvalue weighted by Gasteiger charge is 2.13. The minimum Gasteiger partial charge on any atom is -0.316 e. The summed E-state index contributed by atoms with van der Waals surface area (Å²) in [7, 11) is 0. The summed E-state index contributed by atoms with van der Waals surface area (Å²) >= 11 is 5.96. The molecule has 2 rings (SSSR count). The van der Waals surface area contributed by atoms with Gasteiger partial charge in [0.1, 0.15) is 0 Å². The molecule has 1 aromatic rings. The summed E-state index contributed by atoms with van der Waals surface area (Å²) < 4.78 is 0. The first-order chi connectivity index (χ1) is 6.27. The Morgan fingerprint density at radius 1 is 1.43 bits per heavy atom. The van der Waals surface area contributed by atoms with Crippen LogP contribution in [0.2, 0.25) is 5.02 Å². The molecule has 0 radical (unpaired) electrons. The van der Waals surface area contributed by atoms with Crippen molar-refractivity contribution in [1.29, 1.82) is 0 Å². The Bertz CT molecular complexity index is 312. The number of rotatable bonds is 0. The Kier molecular flexibility index (Phi) is 4.24. The van der Waals surface area contributed by atoms with Crippen LogP contribution in [0.3, 0.4) is 0 Å². The van der Waals surface area contributed by atoms with Crippen molar-refractivity contribution in [2.45, 2.75) is 19.3 Å². The molecule has 0 fully saturated rings. The van der Waals surface area contributed by atoms with E-state index in [-0.39, 0.29) is 12.4 Å². The minimum atomic E-state index is 0.